The molecule has 2 N–H and O–H groups in total. The van der Waals surface area contributed by atoms with Crippen molar-refractivity contribution in [3.05, 3.63) is 29.8 Å². The van der Waals surface area contributed by atoms with E-state index in [1.807, 2.05) is 18.2 Å². The smallest absolute Gasteiger partial charge is 0.191 e. The van der Waals surface area contributed by atoms with Gasteiger partial charge in [0.1, 0.15) is 11.9 Å². The fraction of sp³-hybridized carbons (Fsp3) is 0.611. The lowest BCUT2D eigenvalue weighted by Gasteiger charge is -2.36. The molecule has 1 saturated heterocycles. The summed E-state index contributed by atoms with van der Waals surface area (Å²) in [5.41, 5.74) is 1.34. The minimum Gasteiger partial charge on any atom is -0.489 e. The van der Waals surface area contributed by atoms with Crippen LogP contribution in [0.3, 0.4) is 0 Å². The molecule has 1 unspecified atom stereocenters. The molecule has 0 aliphatic carbocycles. The van der Waals surface area contributed by atoms with Crippen LogP contribution >= 0.6 is 24.0 Å². The number of hydrogen-bond donors (Lipinski definition) is 2. The van der Waals surface area contributed by atoms with E-state index in [1.54, 1.807) is 0 Å². The Morgan fingerprint density at radius 2 is 2.04 bits per heavy atom. The largest absolute Gasteiger partial charge is 0.489 e. The van der Waals surface area contributed by atoms with Gasteiger partial charge in [-0.25, -0.2) is 0 Å². The predicted octanol–water partition coefficient (Wildman–Crippen LogP) is 2.97. The third-order valence-electron chi connectivity index (χ3n) is 3.84. The maximum absolute atomic E-state index is 5.99. The number of hydrogen-bond acceptors (Lipinski definition) is 3. The van der Waals surface area contributed by atoms with Crippen LogP contribution < -0.4 is 15.4 Å². The lowest BCUT2D eigenvalue weighted by atomic mass is 9.89. The molecule has 136 valence electrons. The van der Waals surface area contributed by atoms with Crippen molar-refractivity contribution >= 4 is 29.9 Å². The molecule has 1 aliphatic heterocycles. The van der Waals surface area contributed by atoms with Crippen LogP contribution in [0.1, 0.15) is 26.3 Å². The van der Waals surface area contributed by atoms with Crippen LogP contribution in [-0.2, 0) is 4.74 Å². The highest BCUT2D eigenvalue weighted by Crippen LogP contribution is 2.26. The summed E-state index contributed by atoms with van der Waals surface area (Å²) in [4.78, 5) is 4.66. The van der Waals surface area contributed by atoms with Crippen LogP contribution in [0.5, 0.6) is 5.75 Å². The van der Waals surface area contributed by atoms with Crippen molar-refractivity contribution in [2.75, 3.05) is 32.8 Å². The van der Waals surface area contributed by atoms with Crippen molar-refractivity contribution in [2.45, 2.75) is 33.8 Å². The molecule has 0 amide bonds. The van der Waals surface area contributed by atoms with Crippen molar-refractivity contribution < 1.29 is 9.47 Å². The molecule has 2 rings (SSSR count). The molecule has 1 aromatic carbocycles. The molecule has 0 spiro atoms. The van der Waals surface area contributed by atoms with Gasteiger partial charge < -0.3 is 20.1 Å². The molecule has 0 saturated carbocycles. The second-order valence-corrected chi connectivity index (χ2v) is 6.57. The van der Waals surface area contributed by atoms with Crippen LogP contribution in [0, 0.1) is 12.3 Å². The van der Waals surface area contributed by atoms with Gasteiger partial charge in [-0.2, -0.15) is 0 Å². The van der Waals surface area contributed by atoms with Crippen molar-refractivity contribution in [1.29, 1.82) is 0 Å². The van der Waals surface area contributed by atoms with E-state index in [0.717, 1.165) is 43.6 Å². The highest BCUT2D eigenvalue weighted by molar-refractivity contribution is 14.0. The van der Waals surface area contributed by atoms with Crippen LogP contribution in [-0.4, -0.2) is 44.9 Å². The maximum Gasteiger partial charge on any atom is 0.191 e. The Hall–Kier alpha value is -1.02. The van der Waals surface area contributed by atoms with Crippen LogP contribution in [0.25, 0.3) is 0 Å². The minimum absolute atomic E-state index is 0. The standard InChI is InChI=1S/C18H29N3O2.HI/c1-5-19-17(21-11-18(4)12-22-13-18)20-10-15(3)23-16-9-7-6-8-14(16)2;/h6-9,15H,5,10-13H2,1-4H3,(H2,19,20,21);1H. The minimum atomic E-state index is 0. The second kappa shape index (κ2) is 10.1. The summed E-state index contributed by atoms with van der Waals surface area (Å²) in [5, 5.41) is 6.63. The number of rotatable bonds is 7. The summed E-state index contributed by atoms with van der Waals surface area (Å²) in [7, 11) is 0. The number of guanidine groups is 1. The third kappa shape index (κ3) is 6.47. The summed E-state index contributed by atoms with van der Waals surface area (Å²) in [6.07, 6.45) is 0.0579. The Morgan fingerprint density at radius 1 is 1.33 bits per heavy atom. The maximum atomic E-state index is 5.99. The van der Waals surface area contributed by atoms with Gasteiger partial charge in [0.15, 0.2) is 5.96 Å². The molecule has 0 aromatic heterocycles. The predicted molar refractivity (Wildman–Crippen MR) is 110 cm³/mol. The Morgan fingerprint density at radius 3 is 2.62 bits per heavy atom. The van der Waals surface area contributed by atoms with E-state index in [4.69, 9.17) is 9.47 Å². The van der Waals surface area contributed by atoms with Gasteiger partial charge in [-0.15, -0.1) is 24.0 Å². The zero-order valence-corrected chi connectivity index (χ0v) is 17.4. The zero-order chi connectivity index (χ0) is 16.7. The van der Waals surface area contributed by atoms with Crippen molar-refractivity contribution in [3.8, 4) is 5.75 Å². The van der Waals surface area contributed by atoms with E-state index >= 15 is 0 Å². The second-order valence-electron chi connectivity index (χ2n) is 6.57. The molecular formula is C18H30IN3O2. The number of aryl methyl sites for hydroxylation is 1. The Bertz CT molecular complexity index is 533. The third-order valence-corrected chi connectivity index (χ3v) is 3.84. The van der Waals surface area contributed by atoms with Crippen LogP contribution in [0.15, 0.2) is 29.3 Å². The first kappa shape index (κ1) is 21.0. The van der Waals surface area contributed by atoms with Crippen molar-refractivity contribution in [1.82, 2.24) is 10.6 Å². The van der Waals surface area contributed by atoms with Crippen LogP contribution in [0.4, 0.5) is 0 Å². The van der Waals surface area contributed by atoms with E-state index in [0.29, 0.717) is 6.54 Å². The first-order chi connectivity index (χ1) is 11.0. The lowest BCUT2D eigenvalue weighted by Crippen LogP contribution is -2.45. The van der Waals surface area contributed by atoms with E-state index in [2.05, 4.69) is 49.4 Å². The van der Waals surface area contributed by atoms with E-state index in [-0.39, 0.29) is 35.5 Å². The molecule has 1 heterocycles. The highest BCUT2D eigenvalue weighted by atomic mass is 127. The molecule has 0 bridgehead atoms. The number of ether oxygens (including phenoxy) is 2. The molecule has 24 heavy (non-hydrogen) atoms. The van der Waals surface area contributed by atoms with Gasteiger partial charge in [0.2, 0.25) is 0 Å². The fourth-order valence-corrected chi connectivity index (χ4v) is 2.34. The molecule has 5 nitrogen and oxygen atoms in total. The molecule has 0 radical (unpaired) electrons. The first-order valence-electron chi connectivity index (χ1n) is 8.34. The molecule has 6 heteroatoms. The van der Waals surface area contributed by atoms with E-state index in [1.165, 1.54) is 0 Å². The van der Waals surface area contributed by atoms with Gasteiger partial charge in [0.25, 0.3) is 0 Å². The van der Waals surface area contributed by atoms with Gasteiger partial charge in [-0.05, 0) is 32.4 Å². The monoisotopic (exact) mass is 447 g/mol. The van der Waals surface area contributed by atoms with Gasteiger partial charge in [-0.1, -0.05) is 25.1 Å². The van der Waals surface area contributed by atoms with Crippen LogP contribution in [0.2, 0.25) is 0 Å². The molecule has 1 atom stereocenters. The topological polar surface area (TPSA) is 54.9 Å². The van der Waals surface area contributed by atoms with Gasteiger partial charge in [-0.3, -0.25) is 4.99 Å². The number of nitrogens with one attached hydrogen (secondary N) is 2. The SMILES string of the molecule is CCNC(=NCC1(C)COC1)NCC(C)Oc1ccccc1C.I. The molecule has 1 aromatic rings. The fourth-order valence-electron chi connectivity index (χ4n) is 2.34. The van der Waals surface area contributed by atoms with Gasteiger partial charge >= 0.3 is 0 Å². The summed E-state index contributed by atoms with van der Waals surface area (Å²) >= 11 is 0. The van der Waals surface area contributed by atoms with E-state index in [9.17, 15) is 0 Å². The van der Waals surface area contributed by atoms with E-state index < -0.39 is 0 Å². The molecular weight excluding hydrogens is 417 g/mol. The first-order valence-corrected chi connectivity index (χ1v) is 8.34. The average Bonchev–Trinajstić information content (AvgIpc) is 2.50. The molecule has 1 aliphatic rings. The number of benzene rings is 1. The summed E-state index contributed by atoms with van der Waals surface area (Å²) < 4.78 is 11.3. The number of aliphatic imine (C=N–C) groups is 1. The molecule has 1 fully saturated rings. The normalized spacial score (nSPS) is 17.2. The van der Waals surface area contributed by atoms with Gasteiger partial charge in [0.05, 0.1) is 26.3 Å². The highest BCUT2D eigenvalue weighted by Gasteiger charge is 2.33. The lowest BCUT2D eigenvalue weighted by molar-refractivity contribution is -0.0945. The Balaban J connectivity index is 0.00000288. The van der Waals surface area contributed by atoms with Crippen molar-refractivity contribution in [2.24, 2.45) is 10.4 Å². The van der Waals surface area contributed by atoms with Crippen molar-refractivity contribution in [3.63, 3.8) is 0 Å². The van der Waals surface area contributed by atoms with Gasteiger partial charge in [0, 0.05) is 12.0 Å². The Labute approximate surface area is 162 Å². The number of para-hydroxylation sites is 1. The summed E-state index contributed by atoms with van der Waals surface area (Å²) in [6, 6.07) is 8.08. The summed E-state index contributed by atoms with van der Waals surface area (Å²) in [6.45, 7) is 12.3. The average molecular weight is 447 g/mol. The number of nitrogens with zero attached hydrogens (tertiary/aromatic N) is 1. The number of halogens is 1. The quantitative estimate of drug-likeness (QED) is 0.384. The Kier molecular flexibility index (Phi) is 8.83. The zero-order valence-electron chi connectivity index (χ0n) is 15.1. The summed E-state index contributed by atoms with van der Waals surface area (Å²) in [5.74, 6) is 1.77.